The average Bonchev–Trinajstić information content (AvgIpc) is 2.46. The second-order valence-electron chi connectivity index (χ2n) is 5.02. The van der Waals surface area contributed by atoms with Crippen molar-refractivity contribution in [2.75, 3.05) is 7.05 Å². The van der Waals surface area contributed by atoms with E-state index in [1.807, 2.05) is 33.0 Å². The highest BCUT2D eigenvalue weighted by atomic mass is 16.3. The van der Waals surface area contributed by atoms with E-state index in [9.17, 15) is 9.90 Å². The van der Waals surface area contributed by atoms with Crippen molar-refractivity contribution in [3.05, 3.63) is 29.8 Å². The van der Waals surface area contributed by atoms with Crippen LogP contribution in [0.15, 0.2) is 24.3 Å². The number of nitrogens with one attached hydrogen (secondary N) is 1. The number of carbonyl (C=O) groups is 1. The van der Waals surface area contributed by atoms with Gasteiger partial charge in [-0.2, -0.15) is 0 Å². The Morgan fingerprint density at radius 1 is 1.35 bits per heavy atom. The van der Waals surface area contributed by atoms with Crippen LogP contribution in [-0.2, 0) is 11.2 Å². The number of hydrogen-bond acceptors (Lipinski definition) is 3. The maximum atomic E-state index is 12.0. The van der Waals surface area contributed by atoms with Gasteiger partial charge >= 0.3 is 0 Å². The Kier molecular flexibility index (Phi) is 2.83. The second-order valence-corrected chi connectivity index (χ2v) is 5.02. The molecule has 0 saturated carbocycles. The molecular formula is C13H18N2O2. The van der Waals surface area contributed by atoms with Gasteiger partial charge in [-0.3, -0.25) is 10.1 Å². The minimum absolute atomic E-state index is 0.114. The molecule has 1 aromatic rings. The predicted molar refractivity (Wildman–Crippen MR) is 65.6 cm³/mol. The molecule has 1 saturated heterocycles. The minimum Gasteiger partial charge on any atom is -0.508 e. The lowest BCUT2D eigenvalue weighted by Crippen LogP contribution is -2.45. The van der Waals surface area contributed by atoms with Crippen LogP contribution < -0.4 is 5.32 Å². The highest BCUT2D eigenvalue weighted by Crippen LogP contribution is 2.21. The molecule has 1 aromatic carbocycles. The van der Waals surface area contributed by atoms with Gasteiger partial charge in [0.1, 0.15) is 5.75 Å². The van der Waals surface area contributed by atoms with Gasteiger partial charge in [-0.1, -0.05) is 12.1 Å². The average molecular weight is 234 g/mol. The fourth-order valence-electron chi connectivity index (χ4n) is 2.10. The third-order valence-electron chi connectivity index (χ3n) is 3.37. The monoisotopic (exact) mass is 234 g/mol. The van der Waals surface area contributed by atoms with Gasteiger partial charge in [0.05, 0.1) is 11.7 Å². The Balaban J connectivity index is 2.10. The third kappa shape index (κ3) is 2.26. The van der Waals surface area contributed by atoms with Crippen molar-refractivity contribution in [3.8, 4) is 5.75 Å². The third-order valence-corrected chi connectivity index (χ3v) is 3.37. The molecule has 1 fully saturated rings. The van der Waals surface area contributed by atoms with Crippen molar-refractivity contribution in [1.82, 2.24) is 10.2 Å². The van der Waals surface area contributed by atoms with E-state index in [1.165, 1.54) is 0 Å². The molecule has 1 aliphatic rings. The van der Waals surface area contributed by atoms with Crippen molar-refractivity contribution in [2.24, 2.45) is 0 Å². The fraction of sp³-hybridized carbons (Fsp3) is 0.462. The van der Waals surface area contributed by atoms with E-state index in [1.54, 1.807) is 17.0 Å². The topological polar surface area (TPSA) is 52.6 Å². The Morgan fingerprint density at radius 3 is 2.41 bits per heavy atom. The number of aromatic hydroxyl groups is 1. The van der Waals surface area contributed by atoms with Crippen LogP contribution in [-0.4, -0.2) is 34.7 Å². The van der Waals surface area contributed by atoms with Gasteiger partial charge in [0, 0.05) is 7.05 Å². The first kappa shape index (κ1) is 11.9. The zero-order valence-corrected chi connectivity index (χ0v) is 10.4. The summed E-state index contributed by atoms with van der Waals surface area (Å²) in [5.74, 6) is 0.361. The van der Waals surface area contributed by atoms with Crippen LogP contribution in [0.25, 0.3) is 0 Å². The Morgan fingerprint density at radius 2 is 1.94 bits per heavy atom. The Bertz CT molecular complexity index is 426. The van der Waals surface area contributed by atoms with E-state index in [2.05, 4.69) is 5.32 Å². The van der Waals surface area contributed by atoms with Crippen LogP contribution in [0.1, 0.15) is 19.4 Å². The highest BCUT2D eigenvalue weighted by molar-refractivity contribution is 5.85. The lowest BCUT2D eigenvalue weighted by atomic mass is 10.1. The van der Waals surface area contributed by atoms with E-state index < -0.39 is 0 Å². The number of likely N-dealkylation sites (N-methyl/N-ethyl adjacent to an activating group) is 1. The lowest BCUT2D eigenvalue weighted by molar-refractivity contribution is -0.129. The molecule has 1 heterocycles. The van der Waals surface area contributed by atoms with Gasteiger partial charge in [-0.05, 0) is 38.0 Å². The predicted octanol–water partition coefficient (Wildman–Crippen LogP) is 1.10. The molecule has 0 bridgehead atoms. The van der Waals surface area contributed by atoms with Crippen molar-refractivity contribution in [3.63, 3.8) is 0 Å². The first-order valence-electron chi connectivity index (χ1n) is 5.73. The molecule has 1 aliphatic heterocycles. The lowest BCUT2D eigenvalue weighted by Gasteiger charge is -2.27. The molecule has 0 aliphatic carbocycles. The number of rotatable bonds is 2. The van der Waals surface area contributed by atoms with E-state index in [-0.39, 0.29) is 23.4 Å². The molecule has 2 N–H and O–H groups in total. The zero-order valence-electron chi connectivity index (χ0n) is 10.4. The summed E-state index contributed by atoms with van der Waals surface area (Å²) in [5.41, 5.74) is 0.748. The van der Waals surface area contributed by atoms with Crippen LogP contribution in [0.5, 0.6) is 5.75 Å². The van der Waals surface area contributed by atoms with Crippen molar-refractivity contribution in [2.45, 2.75) is 32.0 Å². The molecule has 1 amide bonds. The summed E-state index contributed by atoms with van der Waals surface area (Å²) in [7, 11) is 1.81. The smallest absolute Gasteiger partial charge is 0.241 e. The normalized spacial score (nSPS) is 23.1. The van der Waals surface area contributed by atoms with Crippen molar-refractivity contribution >= 4 is 5.91 Å². The first-order valence-corrected chi connectivity index (χ1v) is 5.73. The quantitative estimate of drug-likeness (QED) is 0.805. The van der Waals surface area contributed by atoms with E-state index >= 15 is 0 Å². The molecule has 1 unspecified atom stereocenters. The summed E-state index contributed by atoms with van der Waals surface area (Å²) in [4.78, 5) is 13.7. The Labute approximate surface area is 101 Å². The molecule has 0 radical (unpaired) electrons. The molecular weight excluding hydrogens is 216 g/mol. The molecule has 17 heavy (non-hydrogen) atoms. The number of phenolic OH excluding ortho intramolecular Hbond substituents is 1. The van der Waals surface area contributed by atoms with Crippen molar-refractivity contribution in [1.29, 1.82) is 0 Å². The highest BCUT2D eigenvalue weighted by Gasteiger charge is 2.41. The van der Waals surface area contributed by atoms with Crippen molar-refractivity contribution < 1.29 is 9.90 Å². The SMILES string of the molecule is CN1C(=O)C(Cc2ccc(O)cc2)NC1(C)C. The van der Waals surface area contributed by atoms with Gasteiger partial charge in [-0.25, -0.2) is 0 Å². The van der Waals surface area contributed by atoms with Gasteiger partial charge in [-0.15, -0.1) is 0 Å². The second kappa shape index (κ2) is 4.04. The largest absolute Gasteiger partial charge is 0.508 e. The molecule has 4 heteroatoms. The standard InChI is InChI=1S/C13H18N2O2/c1-13(2)14-11(12(17)15(13)3)8-9-4-6-10(16)7-5-9/h4-7,11,14,16H,8H2,1-3H3. The van der Waals surface area contributed by atoms with Crippen LogP contribution in [0.3, 0.4) is 0 Å². The molecule has 0 aromatic heterocycles. The van der Waals surface area contributed by atoms with E-state index in [0.29, 0.717) is 6.42 Å². The molecule has 0 spiro atoms. The fourth-order valence-corrected chi connectivity index (χ4v) is 2.10. The van der Waals surface area contributed by atoms with Gasteiger partial charge in [0.15, 0.2) is 0 Å². The summed E-state index contributed by atoms with van der Waals surface area (Å²) >= 11 is 0. The van der Waals surface area contributed by atoms with Crippen LogP contribution in [0.4, 0.5) is 0 Å². The summed E-state index contributed by atoms with van der Waals surface area (Å²) in [6.07, 6.45) is 0.646. The van der Waals surface area contributed by atoms with Gasteiger partial charge in [0.2, 0.25) is 5.91 Å². The van der Waals surface area contributed by atoms with Crippen LogP contribution in [0.2, 0.25) is 0 Å². The number of benzene rings is 1. The minimum atomic E-state index is -0.293. The Hall–Kier alpha value is -1.55. The molecule has 4 nitrogen and oxygen atoms in total. The number of nitrogens with zero attached hydrogens (tertiary/aromatic N) is 1. The maximum absolute atomic E-state index is 12.0. The van der Waals surface area contributed by atoms with E-state index in [0.717, 1.165) is 5.56 Å². The van der Waals surface area contributed by atoms with Gasteiger partial charge < -0.3 is 10.0 Å². The number of carbonyl (C=O) groups excluding carboxylic acids is 1. The zero-order chi connectivity index (χ0) is 12.6. The van der Waals surface area contributed by atoms with Crippen LogP contribution in [0, 0.1) is 0 Å². The first-order chi connectivity index (χ1) is 7.90. The number of amides is 1. The van der Waals surface area contributed by atoms with Gasteiger partial charge in [0.25, 0.3) is 0 Å². The number of phenols is 1. The summed E-state index contributed by atoms with van der Waals surface area (Å²) in [6.45, 7) is 3.98. The molecule has 2 rings (SSSR count). The molecule has 1 atom stereocenters. The summed E-state index contributed by atoms with van der Waals surface area (Å²) < 4.78 is 0. The van der Waals surface area contributed by atoms with Crippen LogP contribution >= 0.6 is 0 Å². The maximum Gasteiger partial charge on any atom is 0.241 e. The summed E-state index contributed by atoms with van der Waals surface area (Å²) in [6, 6.07) is 6.79. The number of hydrogen-bond donors (Lipinski definition) is 2. The van der Waals surface area contributed by atoms with E-state index in [4.69, 9.17) is 0 Å². The molecule has 92 valence electrons. The summed E-state index contributed by atoms with van der Waals surface area (Å²) in [5, 5.41) is 12.5.